The summed E-state index contributed by atoms with van der Waals surface area (Å²) in [5.41, 5.74) is 0.710. The summed E-state index contributed by atoms with van der Waals surface area (Å²) in [5.74, 6) is -0.112. The Hall–Kier alpha value is -1.92. The summed E-state index contributed by atoms with van der Waals surface area (Å²) in [6.45, 7) is 5.48. The van der Waals surface area contributed by atoms with E-state index in [0.29, 0.717) is 25.5 Å². The molecule has 2 heterocycles. The van der Waals surface area contributed by atoms with Gasteiger partial charge in [-0.1, -0.05) is 32.0 Å². The van der Waals surface area contributed by atoms with Crippen LogP contribution < -0.4 is 16.0 Å². The molecule has 1 aromatic carbocycles. The molecule has 1 spiro atoms. The summed E-state index contributed by atoms with van der Waals surface area (Å²) in [6.07, 6.45) is 2.36. The fourth-order valence-electron chi connectivity index (χ4n) is 4.29. The number of nitrogens with one attached hydrogen (secondary N) is 3. The van der Waals surface area contributed by atoms with Gasteiger partial charge in [0.2, 0.25) is 11.8 Å². The van der Waals surface area contributed by atoms with E-state index >= 15 is 0 Å². The molecule has 0 saturated carbocycles. The van der Waals surface area contributed by atoms with Gasteiger partial charge in [-0.3, -0.25) is 14.9 Å². The lowest BCUT2D eigenvalue weighted by Crippen LogP contribution is -2.53. The number of benzene rings is 1. The first-order valence-electron chi connectivity index (χ1n) is 9.44. The Balaban J connectivity index is 1.87. The minimum Gasteiger partial charge on any atom is -0.385 e. The molecular weight excluding hydrogens is 330 g/mol. The lowest BCUT2D eigenvalue weighted by Gasteiger charge is -2.29. The molecule has 3 N–H and O–H groups in total. The molecule has 2 aliphatic heterocycles. The molecule has 3 rings (SSSR count). The van der Waals surface area contributed by atoms with Crippen LogP contribution in [0.4, 0.5) is 5.69 Å². The summed E-state index contributed by atoms with van der Waals surface area (Å²) >= 11 is 0. The molecule has 3 atom stereocenters. The van der Waals surface area contributed by atoms with Gasteiger partial charge in [-0.2, -0.15) is 0 Å². The number of ether oxygens (including phenoxy) is 1. The molecule has 26 heavy (non-hydrogen) atoms. The lowest BCUT2D eigenvalue weighted by atomic mass is 9.79. The molecule has 6 heteroatoms. The van der Waals surface area contributed by atoms with Crippen LogP contribution in [-0.2, 0) is 19.9 Å². The summed E-state index contributed by atoms with van der Waals surface area (Å²) in [6, 6.07) is 7.81. The topological polar surface area (TPSA) is 79.5 Å². The highest BCUT2D eigenvalue weighted by Gasteiger charge is 2.59. The van der Waals surface area contributed by atoms with Crippen molar-refractivity contribution >= 4 is 17.5 Å². The van der Waals surface area contributed by atoms with Crippen molar-refractivity contribution in [1.29, 1.82) is 0 Å². The van der Waals surface area contributed by atoms with Crippen molar-refractivity contribution < 1.29 is 14.3 Å². The molecule has 0 bridgehead atoms. The highest BCUT2D eigenvalue weighted by Crippen LogP contribution is 2.47. The first kappa shape index (κ1) is 18.9. The quantitative estimate of drug-likeness (QED) is 0.651. The van der Waals surface area contributed by atoms with Gasteiger partial charge >= 0.3 is 0 Å². The van der Waals surface area contributed by atoms with E-state index in [2.05, 4.69) is 29.8 Å². The van der Waals surface area contributed by atoms with E-state index in [1.807, 2.05) is 24.3 Å². The van der Waals surface area contributed by atoms with Crippen LogP contribution in [0.2, 0.25) is 0 Å². The highest BCUT2D eigenvalue weighted by atomic mass is 16.5. The maximum absolute atomic E-state index is 13.0. The Morgan fingerprint density at radius 2 is 2.15 bits per heavy atom. The van der Waals surface area contributed by atoms with Gasteiger partial charge in [0.25, 0.3) is 0 Å². The van der Waals surface area contributed by atoms with Crippen LogP contribution in [0.3, 0.4) is 0 Å². The third-order valence-electron chi connectivity index (χ3n) is 5.33. The van der Waals surface area contributed by atoms with Crippen LogP contribution >= 0.6 is 0 Å². The first-order valence-corrected chi connectivity index (χ1v) is 9.44. The van der Waals surface area contributed by atoms with Crippen molar-refractivity contribution in [2.75, 3.05) is 25.6 Å². The minimum absolute atomic E-state index is 0.0632. The third kappa shape index (κ3) is 3.35. The second kappa shape index (κ2) is 7.76. The Morgan fingerprint density at radius 1 is 1.38 bits per heavy atom. The number of para-hydroxylation sites is 1. The van der Waals surface area contributed by atoms with Crippen molar-refractivity contribution in [2.45, 2.75) is 44.7 Å². The van der Waals surface area contributed by atoms with Crippen molar-refractivity contribution in [3.05, 3.63) is 29.8 Å². The molecule has 1 aromatic rings. The van der Waals surface area contributed by atoms with Gasteiger partial charge in [-0.25, -0.2) is 0 Å². The van der Waals surface area contributed by atoms with Gasteiger partial charge in [0.05, 0.1) is 5.92 Å². The second-order valence-electron chi connectivity index (χ2n) is 7.70. The summed E-state index contributed by atoms with van der Waals surface area (Å²) in [4.78, 5) is 26.0. The average molecular weight is 359 g/mol. The number of carbonyl (C=O) groups is 2. The van der Waals surface area contributed by atoms with E-state index in [1.165, 1.54) is 0 Å². The van der Waals surface area contributed by atoms with E-state index in [9.17, 15) is 9.59 Å². The van der Waals surface area contributed by atoms with Crippen molar-refractivity contribution in [1.82, 2.24) is 10.6 Å². The molecule has 2 aliphatic rings. The Morgan fingerprint density at radius 3 is 2.88 bits per heavy atom. The van der Waals surface area contributed by atoms with Crippen LogP contribution in [0.15, 0.2) is 24.3 Å². The molecule has 1 saturated heterocycles. The Kier molecular flexibility index (Phi) is 5.63. The number of hydrogen-bond acceptors (Lipinski definition) is 4. The maximum Gasteiger partial charge on any atom is 0.250 e. The maximum atomic E-state index is 13.0. The normalized spacial score (nSPS) is 27.0. The van der Waals surface area contributed by atoms with Crippen LogP contribution in [0.25, 0.3) is 0 Å². The average Bonchev–Trinajstić information content (AvgIpc) is 3.11. The van der Waals surface area contributed by atoms with Crippen molar-refractivity contribution in [3.63, 3.8) is 0 Å². The van der Waals surface area contributed by atoms with Gasteiger partial charge < -0.3 is 15.4 Å². The van der Waals surface area contributed by atoms with Gasteiger partial charge in [-0.15, -0.1) is 0 Å². The van der Waals surface area contributed by atoms with Crippen LogP contribution in [-0.4, -0.2) is 38.1 Å². The third-order valence-corrected chi connectivity index (χ3v) is 5.33. The van der Waals surface area contributed by atoms with E-state index in [-0.39, 0.29) is 17.9 Å². The fourth-order valence-corrected chi connectivity index (χ4v) is 4.29. The first-order chi connectivity index (χ1) is 12.5. The molecular formula is C20H29N3O3. The zero-order valence-corrected chi connectivity index (χ0v) is 15.8. The summed E-state index contributed by atoms with van der Waals surface area (Å²) in [7, 11) is 1.65. The largest absolute Gasteiger partial charge is 0.385 e. The zero-order valence-electron chi connectivity index (χ0n) is 15.8. The SMILES string of the molecule is COCCCNC(=O)[C@@H]1C[C@@H](CC(C)C)N[C@]12C(=O)Nc1ccccc12. The number of carbonyl (C=O) groups excluding carboxylic acids is 2. The number of methoxy groups -OCH3 is 1. The minimum atomic E-state index is -0.971. The molecule has 0 unspecified atom stereocenters. The van der Waals surface area contributed by atoms with Crippen LogP contribution in [0, 0.1) is 11.8 Å². The number of rotatable bonds is 7. The highest BCUT2D eigenvalue weighted by molar-refractivity contribution is 6.09. The Bertz CT molecular complexity index is 676. The zero-order chi connectivity index (χ0) is 18.7. The Labute approximate surface area is 155 Å². The van der Waals surface area contributed by atoms with E-state index < -0.39 is 11.5 Å². The number of fused-ring (bicyclic) bond motifs is 2. The lowest BCUT2D eigenvalue weighted by molar-refractivity contribution is -0.133. The molecule has 0 aliphatic carbocycles. The van der Waals surface area contributed by atoms with E-state index in [1.54, 1.807) is 7.11 Å². The van der Waals surface area contributed by atoms with Crippen LogP contribution in [0.5, 0.6) is 0 Å². The van der Waals surface area contributed by atoms with E-state index in [4.69, 9.17) is 4.74 Å². The summed E-state index contributed by atoms with van der Waals surface area (Å²) < 4.78 is 5.04. The van der Waals surface area contributed by atoms with Gasteiger partial charge in [0, 0.05) is 37.6 Å². The molecule has 0 aromatic heterocycles. The number of amides is 2. The van der Waals surface area contributed by atoms with Gasteiger partial charge in [0.1, 0.15) is 5.54 Å². The molecule has 6 nitrogen and oxygen atoms in total. The monoisotopic (exact) mass is 359 g/mol. The van der Waals surface area contributed by atoms with Crippen molar-refractivity contribution in [2.24, 2.45) is 11.8 Å². The van der Waals surface area contributed by atoms with Gasteiger partial charge in [0.15, 0.2) is 0 Å². The smallest absolute Gasteiger partial charge is 0.250 e. The number of anilines is 1. The predicted molar refractivity (Wildman–Crippen MR) is 101 cm³/mol. The molecule has 142 valence electrons. The number of hydrogen-bond donors (Lipinski definition) is 3. The molecule has 1 fully saturated rings. The summed E-state index contributed by atoms with van der Waals surface area (Å²) in [5, 5.41) is 9.50. The second-order valence-corrected chi connectivity index (χ2v) is 7.70. The predicted octanol–water partition coefficient (Wildman–Crippen LogP) is 2.01. The van der Waals surface area contributed by atoms with E-state index in [0.717, 1.165) is 24.1 Å². The molecule has 0 radical (unpaired) electrons. The fraction of sp³-hybridized carbons (Fsp3) is 0.600. The standard InChI is InChI=1S/C20H29N3O3/c1-13(2)11-14-12-16(18(24)21-9-6-10-26-3)20(23-14)15-7-4-5-8-17(15)22-19(20)25/h4-5,7-8,13-14,16,23H,6,9-12H2,1-3H3,(H,21,24)(H,22,25)/t14-,16+,20+/m1/s1. The molecule has 2 amide bonds. The van der Waals surface area contributed by atoms with Crippen LogP contribution in [0.1, 0.15) is 38.7 Å². The van der Waals surface area contributed by atoms with Gasteiger partial charge in [-0.05, 0) is 31.2 Å². The van der Waals surface area contributed by atoms with Crippen molar-refractivity contribution in [3.8, 4) is 0 Å².